The van der Waals surface area contributed by atoms with Crippen LogP contribution in [-0.2, 0) is 4.79 Å². The molecule has 4 heteroatoms. The van der Waals surface area contributed by atoms with E-state index in [-0.39, 0.29) is 11.9 Å². The van der Waals surface area contributed by atoms with Gasteiger partial charge in [-0.3, -0.25) is 4.79 Å². The standard InChI is InChI=1S/C25H25N3O/c1-18(25(29)28-24-15-7-11-20-9-3-5-13-22(20)24)26-16-17-27-23-14-6-10-19-8-2-4-12-21(19)23/h2-15,18,26-27H,16-17H2,1H3,(H,28,29). The Bertz CT molecular complexity index is 1130. The monoisotopic (exact) mass is 383 g/mol. The molecule has 0 aliphatic rings. The van der Waals surface area contributed by atoms with E-state index >= 15 is 0 Å². The van der Waals surface area contributed by atoms with Gasteiger partial charge < -0.3 is 16.0 Å². The molecule has 4 rings (SSSR count). The lowest BCUT2D eigenvalue weighted by atomic mass is 10.1. The zero-order chi connectivity index (χ0) is 20.1. The number of fused-ring (bicyclic) bond motifs is 2. The molecule has 4 aromatic carbocycles. The Morgan fingerprint density at radius 3 is 1.97 bits per heavy atom. The van der Waals surface area contributed by atoms with Crippen molar-refractivity contribution < 1.29 is 4.79 Å². The summed E-state index contributed by atoms with van der Waals surface area (Å²) in [6, 6.07) is 28.3. The van der Waals surface area contributed by atoms with Crippen molar-refractivity contribution in [1.82, 2.24) is 5.32 Å². The van der Waals surface area contributed by atoms with Crippen molar-refractivity contribution in [3.05, 3.63) is 84.9 Å². The first kappa shape index (κ1) is 19.0. The number of benzene rings is 4. The molecule has 3 N–H and O–H groups in total. The van der Waals surface area contributed by atoms with Crippen LogP contribution in [0.15, 0.2) is 84.9 Å². The maximum Gasteiger partial charge on any atom is 0.241 e. The highest BCUT2D eigenvalue weighted by atomic mass is 16.2. The molecule has 0 saturated heterocycles. The second-order valence-electron chi connectivity index (χ2n) is 7.15. The lowest BCUT2D eigenvalue weighted by Gasteiger charge is -2.16. The molecule has 1 unspecified atom stereocenters. The zero-order valence-corrected chi connectivity index (χ0v) is 16.5. The van der Waals surface area contributed by atoms with Gasteiger partial charge in [-0.15, -0.1) is 0 Å². The van der Waals surface area contributed by atoms with E-state index in [0.717, 1.165) is 28.7 Å². The lowest BCUT2D eigenvalue weighted by Crippen LogP contribution is -2.40. The van der Waals surface area contributed by atoms with Crippen molar-refractivity contribution in [2.45, 2.75) is 13.0 Å². The molecule has 0 spiro atoms. The van der Waals surface area contributed by atoms with Crippen LogP contribution < -0.4 is 16.0 Å². The van der Waals surface area contributed by atoms with Crippen LogP contribution in [0.1, 0.15) is 6.92 Å². The Hall–Kier alpha value is -3.37. The highest BCUT2D eigenvalue weighted by molar-refractivity contribution is 6.03. The van der Waals surface area contributed by atoms with Gasteiger partial charge in [0.1, 0.15) is 0 Å². The average Bonchev–Trinajstić information content (AvgIpc) is 2.77. The minimum Gasteiger partial charge on any atom is -0.383 e. The van der Waals surface area contributed by atoms with Crippen molar-refractivity contribution in [3.8, 4) is 0 Å². The minimum atomic E-state index is -0.289. The molecular weight excluding hydrogens is 358 g/mol. The summed E-state index contributed by atoms with van der Waals surface area (Å²) in [5.41, 5.74) is 1.95. The maximum atomic E-state index is 12.6. The third kappa shape index (κ3) is 4.39. The number of hydrogen-bond acceptors (Lipinski definition) is 3. The number of carbonyl (C=O) groups is 1. The average molecular weight is 383 g/mol. The summed E-state index contributed by atoms with van der Waals surface area (Å²) < 4.78 is 0. The van der Waals surface area contributed by atoms with Gasteiger partial charge >= 0.3 is 0 Å². The van der Waals surface area contributed by atoms with Gasteiger partial charge in [-0.05, 0) is 29.8 Å². The molecule has 0 fully saturated rings. The molecule has 4 nitrogen and oxygen atoms in total. The number of amides is 1. The number of carbonyl (C=O) groups excluding carboxylic acids is 1. The maximum absolute atomic E-state index is 12.6. The second kappa shape index (κ2) is 8.76. The summed E-state index contributed by atoms with van der Waals surface area (Å²) in [5.74, 6) is -0.0356. The van der Waals surface area contributed by atoms with Gasteiger partial charge in [0.25, 0.3) is 0 Å². The molecule has 0 aromatic heterocycles. The molecule has 0 aliphatic heterocycles. The Labute approximate surface area is 170 Å². The molecule has 4 aromatic rings. The van der Waals surface area contributed by atoms with Gasteiger partial charge in [0.2, 0.25) is 5.91 Å². The zero-order valence-electron chi connectivity index (χ0n) is 16.5. The molecule has 0 saturated carbocycles. The van der Waals surface area contributed by atoms with Gasteiger partial charge in [0, 0.05) is 35.2 Å². The fourth-order valence-corrected chi connectivity index (χ4v) is 3.53. The normalized spacial score (nSPS) is 12.0. The van der Waals surface area contributed by atoms with Crippen LogP contribution in [0, 0.1) is 0 Å². The fraction of sp³-hybridized carbons (Fsp3) is 0.160. The first-order chi connectivity index (χ1) is 14.2. The Kier molecular flexibility index (Phi) is 5.73. The summed E-state index contributed by atoms with van der Waals surface area (Å²) in [6.07, 6.45) is 0. The van der Waals surface area contributed by atoms with Crippen molar-refractivity contribution in [2.75, 3.05) is 23.7 Å². The van der Waals surface area contributed by atoms with E-state index in [4.69, 9.17) is 0 Å². The van der Waals surface area contributed by atoms with E-state index in [1.54, 1.807) is 0 Å². The van der Waals surface area contributed by atoms with E-state index in [1.807, 2.05) is 61.5 Å². The third-order valence-corrected chi connectivity index (χ3v) is 5.12. The first-order valence-electron chi connectivity index (χ1n) is 9.96. The van der Waals surface area contributed by atoms with Crippen LogP contribution in [0.5, 0.6) is 0 Å². The van der Waals surface area contributed by atoms with Crippen LogP contribution in [0.3, 0.4) is 0 Å². The van der Waals surface area contributed by atoms with Crippen LogP contribution >= 0.6 is 0 Å². The van der Waals surface area contributed by atoms with Gasteiger partial charge in [-0.1, -0.05) is 72.8 Å². The Balaban J connectivity index is 1.31. The SMILES string of the molecule is CC(NCCNc1cccc2ccccc12)C(=O)Nc1cccc2ccccc12. The van der Waals surface area contributed by atoms with Crippen molar-refractivity contribution in [2.24, 2.45) is 0 Å². The minimum absolute atomic E-state index is 0.0356. The molecule has 0 aliphatic carbocycles. The molecule has 29 heavy (non-hydrogen) atoms. The summed E-state index contributed by atoms with van der Waals surface area (Å²) in [6.45, 7) is 3.31. The summed E-state index contributed by atoms with van der Waals surface area (Å²) in [7, 11) is 0. The quantitative estimate of drug-likeness (QED) is 0.393. The summed E-state index contributed by atoms with van der Waals surface area (Å²) in [4.78, 5) is 12.6. The molecule has 1 amide bonds. The van der Waals surface area contributed by atoms with Crippen LogP contribution in [0.25, 0.3) is 21.5 Å². The molecule has 0 heterocycles. The lowest BCUT2D eigenvalue weighted by molar-refractivity contribution is -0.117. The van der Waals surface area contributed by atoms with Crippen molar-refractivity contribution in [1.29, 1.82) is 0 Å². The predicted octanol–water partition coefficient (Wildman–Crippen LogP) is 5.02. The van der Waals surface area contributed by atoms with Gasteiger partial charge in [0.15, 0.2) is 0 Å². The van der Waals surface area contributed by atoms with Gasteiger partial charge in [0.05, 0.1) is 6.04 Å². The first-order valence-corrected chi connectivity index (χ1v) is 9.96. The van der Waals surface area contributed by atoms with Crippen LogP contribution in [0.4, 0.5) is 11.4 Å². The van der Waals surface area contributed by atoms with Crippen molar-refractivity contribution in [3.63, 3.8) is 0 Å². The third-order valence-electron chi connectivity index (χ3n) is 5.12. The highest BCUT2D eigenvalue weighted by Gasteiger charge is 2.13. The van der Waals surface area contributed by atoms with Crippen LogP contribution in [-0.4, -0.2) is 25.0 Å². The smallest absolute Gasteiger partial charge is 0.241 e. The Morgan fingerprint density at radius 2 is 1.28 bits per heavy atom. The fourth-order valence-electron chi connectivity index (χ4n) is 3.53. The highest BCUT2D eigenvalue weighted by Crippen LogP contribution is 2.23. The molecule has 1 atom stereocenters. The predicted molar refractivity (Wildman–Crippen MR) is 122 cm³/mol. The van der Waals surface area contributed by atoms with E-state index in [9.17, 15) is 4.79 Å². The van der Waals surface area contributed by atoms with E-state index < -0.39 is 0 Å². The molecule has 0 radical (unpaired) electrons. The van der Waals surface area contributed by atoms with Gasteiger partial charge in [-0.2, -0.15) is 0 Å². The van der Waals surface area contributed by atoms with E-state index in [0.29, 0.717) is 6.54 Å². The van der Waals surface area contributed by atoms with Gasteiger partial charge in [-0.25, -0.2) is 0 Å². The summed E-state index contributed by atoms with van der Waals surface area (Å²) >= 11 is 0. The van der Waals surface area contributed by atoms with E-state index in [2.05, 4.69) is 46.3 Å². The second-order valence-corrected chi connectivity index (χ2v) is 7.15. The van der Waals surface area contributed by atoms with Crippen LogP contribution in [0.2, 0.25) is 0 Å². The molecular formula is C25H25N3O. The number of nitrogens with one attached hydrogen (secondary N) is 3. The van der Waals surface area contributed by atoms with Crippen molar-refractivity contribution >= 4 is 38.8 Å². The molecule has 146 valence electrons. The Morgan fingerprint density at radius 1 is 0.724 bits per heavy atom. The number of rotatable bonds is 7. The number of anilines is 2. The van der Waals surface area contributed by atoms with E-state index in [1.165, 1.54) is 10.8 Å². The summed E-state index contributed by atoms with van der Waals surface area (Å²) in [5, 5.41) is 14.4. The number of hydrogen-bond donors (Lipinski definition) is 3. The topological polar surface area (TPSA) is 53.2 Å². The molecule has 0 bridgehead atoms. The largest absolute Gasteiger partial charge is 0.383 e.